The molecule has 2 aromatic carbocycles. The monoisotopic (exact) mass is 468 g/mol. The smallest absolute Gasteiger partial charge is 0.121 e. The van der Waals surface area contributed by atoms with Gasteiger partial charge in [0.05, 0.1) is 5.69 Å². The third-order valence-corrected chi connectivity index (χ3v) is 6.33. The van der Waals surface area contributed by atoms with Crippen molar-refractivity contribution in [1.29, 1.82) is 0 Å². The Kier molecular flexibility index (Phi) is 4.06. The molecule has 2 aromatic heterocycles. The Labute approximate surface area is 169 Å². The van der Waals surface area contributed by atoms with Crippen LogP contribution in [0.4, 0.5) is 0 Å². The van der Waals surface area contributed by atoms with Crippen LogP contribution in [-0.2, 0) is 13.0 Å². The fourth-order valence-electron chi connectivity index (χ4n) is 4.04. The van der Waals surface area contributed by atoms with E-state index in [2.05, 4.69) is 102 Å². The number of aryl methyl sites for hydroxylation is 2. The van der Waals surface area contributed by atoms with Crippen molar-refractivity contribution < 1.29 is 0 Å². The van der Waals surface area contributed by atoms with Gasteiger partial charge in [0.1, 0.15) is 5.65 Å². The molecule has 0 spiro atoms. The van der Waals surface area contributed by atoms with E-state index in [4.69, 9.17) is 0 Å². The maximum absolute atomic E-state index is 3.54. The zero-order chi connectivity index (χ0) is 17.7. The summed E-state index contributed by atoms with van der Waals surface area (Å²) in [4.78, 5) is 0. The molecule has 0 saturated carbocycles. The summed E-state index contributed by atoms with van der Waals surface area (Å²) in [5.41, 5.74) is 8.08. The third-order valence-electron chi connectivity index (χ3n) is 5.27. The lowest BCUT2D eigenvalue weighted by molar-refractivity contribution is 0.647. The molecule has 0 saturated heterocycles. The Morgan fingerprint density at radius 1 is 0.731 bits per heavy atom. The lowest BCUT2D eigenvalue weighted by Gasteiger charge is -2.08. The van der Waals surface area contributed by atoms with Gasteiger partial charge >= 0.3 is 0 Å². The zero-order valence-corrected chi connectivity index (χ0v) is 17.4. The van der Waals surface area contributed by atoms with Crippen LogP contribution in [0.2, 0.25) is 0 Å². The summed E-state index contributed by atoms with van der Waals surface area (Å²) in [7, 11) is 0. The quantitative estimate of drug-likeness (QED) is 0.301. The normalized spacial score (nSPS) is 13.9. The van der Waals surface area contributed by atoms with Gasteiger partial charge in [-0.1, -0.05) is 56.1 Å². The topological polar surface area (TPSA) is 9.34 Å². The third kappa shape index (κ3) is 2.67. The van der Waals surface area contributed by atoms with Crippen molar-refractivity contribution in [1.82, 2.24) is 8.97 Å². The van der Waals surface area contributed by atoms with Gasteiger partial charge in [-0.2, -0.15) is 0 Å². The summed E-state index contributed by atoms with van der Waals surface area (Å²) in [6.45, 7) is 1.08. The van der Waals surface area contributed by atoms with Crippen LogP contribution in [0.1, 0.15) is 18.4 Å². The number of hydrogen-bond acceptors (Lipinski definition) is 0. The van der Waals surface area contributed by atoms with Crippen molar-refractivity contribution in [3.05, 3.63) is 75.4 Å². The van der Waals surface area contributed by atoms with E-state index in [0.717, 1.165) is 21.9 Å². The molecule has 4 aromatic rings. The number of hydrogen-bond donors (Lipinski definition) is 0. The van der Waals surface area contributed by atoms with Crippen LogP contribution in [0.3, 0.4) is 0 Å². The Morgan fingerprint density at radius 3 is 2.08 bits per heavy atom. The number of halogens is 2. The highest BCUT2D eigenvalue weighted by atomic mass is 79.9. The SMILES string of the molecule is Brc1ccc(-c2cn3cc(-c4ccc(Br)cc4)n4c3c2CCCC4)cc1. The number of nitrogens with zero attached hydrogens (tertiary/aromatic N) is 2. The highest BCUT2D eigenvalue weighted by molar-refractivity contribution is 9.10. The molecule has 0 N–H and O–H groups in total. The first-order valence-corrected chi connectivity index (χ1v) is 10.5. The van der Waals surface area contributed by atoms with Crippen LogP contribution >= 0.6 is 31.9 Å². The number of imidazole rings is 1. The van der Waals surface area contributed by atoms with Crippen LogP contribution in [0.25, 0.3) is 28.0 Å². The molecule has 4 heteroatoms. The number of rotatable bonds is 2. The van der Waals surface area contributed by atoms with E-state index >= 15 is 0 Å². The van der Waals surface area contributed by atoms with E-state index < -0.39 is 0 Å². The van der Waals surface area contributed by atoms with E-state index in [1.807, 2.05) is 0 Å². The average molecular weight is 470 g/mol. The van der Waals surface area contributed by atoms with E-state index in [0.29, 0.717) is 0 Å². The minimum atomic E-state index is 1.08. The molecule has 2 nitrogen and oxygen atoms in total. The molecule has 26 heavy (non-hydrogen) atoms. The first-order valence-electron chi connectivity index (χ1n) is 8.96. The maximum atomic E-state index is 3.54. The van der Waals surface area contributed by atoms with Gasteiger partial charge in [0.25, 0.3) is 0 Å². The molecule has 0 amide bonds. The van der Waals surface area contributed by atoms with Crippen LogP contribution < -0.4 is 0 Å². The van der Waals surface area contributed by atoms with Gasteiger partial charge in [0.15, 0.2) is 0 Å². The summed E-state index contributed by atoms with van der Waals surface area (Å²) < 4.78 is 7.08. The van der Waals surface area contributed by atoms with E-state index in [9.17, 15) is 0 Å². The summed E-state index contributed by atoms with van der Waals surface area (Å²) in [6, 6.07) is 17.3. The lowest BCUT2D eigenvalue weighted by Crippen LogP contribution is -1.98. The Balaban J connectivity index is 1.72. The largest absolute Gasteiger partial charge is 0.325 e. The molecule has 0 atom stereocenters. The Bertz CT molecular complexity index is 1000. The maximum Gasteiger partial charge on any atom is 0.121 e. The van der Waals surface area contributed by atoms with Gasteiger partial charge < -0.3 is 8.97 Å². The molecule has 3 heterocycles. The molecular weight excluding hydrogens is 452 g/mol. The molecule has 1 aliphatic heterocycles. The fraction of sp³-hybridized carbons (Fsp3) is 0.182. The molecule has 5 rings (SSSR count). The zero-order valence-electron chi connectivity index (χ0n) is 14.3. The minimum Gasteiger partial charge on any atom is -0.325 e. The van der Waals surface area contributed by atoms with E-state index in [1.54, 1.807) is 0 Å². The standard InChI is InChI=1S/C22H18Br2N2/c23-17-8-4-15(5-9-17)20-13-25-14-21(16-6-10-18(24)11-7-16)26-12-2-1-3-19(20)22(25)26/h4-11,13-14H,1-3,12H2. The second-order valence-electron chi connectivity index (χ2n) is 6.89. The van der Waals surface area contributed by atoms with E-state index in [1.165, 1.54) is 46.4 Å². The number of benzene rings is 2. The summed E-state index contributed by atoms with van der Waals surface area (Å²) in [5, 5.41) is 0. The van der Waals surface area contributed by atoms with Crippen molar-refractivity contribution in [2.75, 3.05) is 0 Å². The van der Waals surface area contributed by atoms with Gasteiger partial charge in [-0.05, 0) is 54.7 Å². The summed E-state index contributed by atoms with van der Waals surface area (Å²) >= 11 is 7.08. The van der Waals surface area contributed by atoms with Gasteiger partial charge in [0, 0.05) is 39.0 Å². The summed E-state index contributed by atoms with van der Waals surface area (Å²) in [5.74, 6) is 0. The van der Waals surface area contributed by atoms with Crippen LogP contribution in [-0.4, -0.2) is 8.97 Å². The Hall–Kier alpha value is -1.78. The van der Waals surface area contributed by atoms with Crippen LogP contribution in [0.5, 0.6) is 0 Å². The molecule has 130 valence electrons. The van der Waals surface area contributed by atoms with E-state index in [-0.39, 0.29) is 0 Å². The van der Waals surface area contributed by atoms with Gasteiger partial charge in [0.2, 0.25) is 0 Å². The average Bonchev–Trinajstić information content (AvgIpc) is 3.07. The first-order chi connectivity index (χ1) is 12.7. The fourth-order valence-corrected chi connectivity index (χ4v) is 4.57. The van der Waals surface area contributed by atoms with Gasteiger partial charge in [-0.25, -0.2) is 0 Å². The highest BCUT2D eigenvalue weighted by Crippen LogP contribution is 2.36. The Morgan fingerprint density at radius 2 is 1.38 bits per heavy atom. The molecule has 0 unspecified atom stereocenters. The van der Waals surface area contributed by atoms with Crippen molar-refractivity contribution >= 4 is 37.5 Å². The highest BCUT2D eigenvalue weighted by Gasteiger charge is 2.21. The van der Waals surface area contributed by atoms with Crippen molar-refractivity contribution in [3.63, 3.8) is 0 Å². The molecule has 0 bridgehead atoms. The van der Waals surface area contributed by atoms with Crippen LogP contribution in [0, 0.1) is 0 Å². The van der Waals surface area contributed by atoms with Crippen molar-refractivity contribution in [2.24, 2.45) is 0 Å². The van der Waals surface area contributed by atoms with Gasteiger partial charge in [-0.3, -0.25) is 0 Å². The molecule has 0 aliphatic carbocycles. The first kappa shape index (κ1) is 16.4. The second-order valence-corrected chi connectivity index (χ2v) is 8.72. The lowest BCUT2D eigenvalue weighted by atomic mass is 10.0. The van der Waals surface area contributed by atoms with Crippen LogP contribution in [0.15, 0.2) is 69.9 Å². The summed E-state index contributed by atoms with van der Waals surface area (Å²) in [6.07, 6.45) is 8.20. The molecule has 1 aliphatic rings. The minimum absolute atomic E-state index is 1.08. The predicted molar refractivity (Wildman–Crippen MR) is 115 cm³/mol. The number of aromatic nitrogens is 2. The molecule has 0 fully saturated rings. The predicted octanol–water partition coefficient (Wildman–Crippen LogP) is 6.94. The van der Waals surface area contributed by atoms with Crippen molar-refractivity contribution in [2.45, 2.75) is 25.8 Å². The second kappa shape index (κ2) is 6.43. The molecule has 0 radical (unpaired) electrons. The molecular formula is C22H18Br2N2. The van der Waals surface area contributed by atoms with Crippen molar-refractivity contribution in [3.8, 4) is 22.4 Å². The van der Waals surface area contributed by atoms with Gasteiger partial charge in [-0.15, -0.1) is 0 Å².